The second-order valence-corrected chi connectivity index (χ2v) is 11.4. The number of anilines is 1. The van der Waals surface area contributed by atoms with Gasteiger partial charge in [-0.3, -0.25) is 0 Å². The topological polar surface area (TPSA) is 59.3 Å². The summed E-state index contributed by atoms with van der Waals surface area (Å²) < 4.78 is 13.4. The molecule has 0 radical (unpaired) electrons. The highest BCUT2D eigenvalue weighted by Crippen LogP contribution is 2.40. The molecule has 0 fully saturated rings. The molecule has 0 bridgehead atoms. The fourth-order valence-electron chi connectivity index (χ4n) is 4.45. The number of benzene rings is 2. The normalized spacial score (nSPS) is 12.4. The number of para-hydroxylation sites is 1. The molecule has 1 atom stereocenters. The average Bonchev–Trinajstić information content (AvgIpc) is 3.37. The van der Waals surface area contributed by atoms with Gasteiger partial charge in [0, 0.05) is 25.8 Å². The highest BCUT2D eigenvalue weighted by Gasteiger charge is 2.20. The number of hydrogen-bond acceptors (Lipinski definition) is 7. The summed E-state index contributed by atoms with van der Waals surface area (Å²) in [7, 11) is 0. The van der Waals surface area contributed by atoms with Crippen LogP contribution in [0, 0.1) is 5.92 Å². The number of ether oxygens (including phenoxy) is 2. The lowest BCUT2D eigenvalue weighted by atomic mass is 9.98. The summed E-state index contributed by atoms with van der Waals surface area (Å²) in [5.74, 6) is 1.39. The minimum atomic E-state index is 0.550. The highest BCUT2D eigenvalue weighted by molar-refractivity contribution is 7.21. The quantitative estimate of drug-likeness (QED) is 0.106. The van der Waals surface area contributed by atoms with E-state index in [4.69, 9.17) is 21.1 Å². The van der Waals surface area contributed by atoms with Gasteiger partial charge in [0.1, 0.15) is 11.4 Å². The summed E-state index contributed by atoms with van der Waals surface area (Å²) >= 11 is 8.32. The maximum Gasteiger partial charge on any atom is 0.231 e. The van der Waals surface area contributed by atoms with E-state index in [0.717, 1.165) is 60.6 Å². The number of fused-ring (bicyclic) bond motifs is 1. The van der Waals surface area contributed by atoms with Crippen LogP contribution in [0.3, 0.4) is 0 Å². The van der Waals surface area contributed by atoms with Gasteiger partial charge in [0.15, 0.2) is 0 Å². The Balaban J connectivity index is 1.86. The van der Waals surface area contributed by atoms with Gasteiger partial charge < -0.3 is 14.4 Å². The van der Waals surface area contributed by atoms with E-state index in [1.54, 1.807) is 0 Å². The molecule has 0 aliphatic heterocycles. The van der Waals surface area contributed by atoms with Gasteiger partial charge in [-0.05, 0) is 43.4 Å². The third-order valence-electron chi connectivity index (χ3n) is 6.78. The first kappa shape index (κ1) is 31.3. The van der Waals surface area contributed by atoms with Crippen LogP contribution in [0.4, 0.5) is 16.5 Å². The van der Waals surface area contributed by atoms with Crippen LogP contribution in [-0.2, 0) is 4.74 Å². The fourth-order valence-corrected chi connectivity index (χ4v) is 5.44. The van der Waals surface area contributed by atoms with Crippen molar-refractivity contribution >= 4 is 49.7 Å². The number of hydrogen-bond donors (Lipinski definition) is 0. The van der Waals surface area contributed by atoms with E-state index in [9.17, 15) is 0 Å². The van der Waals surface area contributed by atoms with Crippen LogP contribution >= 0.6 is 22.9 Å². The van der Waals surface area contributed by atoms with E-state index >= 15 is 0 Å². The molecule has 1 heterocycles. The standard InChI is InChI=1S/C31H45ClN4O2S/c1-5-9-13-19-37-20-17-36(23-24(8-4)14-10-6-2)28-21-25(32)27(22-29(28)38-18-7-3)34-35-31-33-26-15-11-12-16-30(26)39-31/h11-12,15-16,21-22,24H,5-10,13-14,17-20,23H2,1-4H3/b35-34+. The van der Waals surface area contributed by atoms with Crippen molar-refractivity contribution in [2.45, 2.75) is 79.1 Å². The molecule has 3 aromatic rings. The molecule has 0 spiro atoms. The van der Waals surface area contributed by atoms with Crippen molar-refractivity contribution in [1.82, 2.24) is 4.98 Å². The Morgan fingerprint density at radius 2 is 1.77 bits per heavy atom. The Morgan fingerprint density at radius 1 is 0.949 bits per heavy atom. The predicted molar refractivity (Wildman–Crippen MR) is 167 cm³/mol. The van der Waals surface area contributed by atoms with Crippen LogP contribution in [0.15, 0.2) is 46.6 Å². The lowest BCUT2D eigenvalue weighted by Crippen LogP contribution is -2.33. The van der Waals surface area contributed by atoms with E-state index in [-0.39, 0.29) is 0 Å². The average molecular weight is 573 g/mol. The molecule has 3 rings (SSSR count). The molecular formula is C31H45ClN4O2S. The number of aromatic nitrogens is 1. The first-order valence-corrected chi connectivity index (χ1v) is 15.8. The second-order valence-electron chi connectivity index (χ2n) is 9.97. The Labute approximate surface area is 243 Å². The van der Waals surface area contributed by atoms with Crippen molar-refractivity contribution in [2.75, 3.05) is 37.8 Å². The van der Waals surface area contributed by atoms with Gasteiger partial charge in [0.25, 0.3) is 0 Å². The lowest BCUT2D eigenvalue weighted by molar-refractivity contribution is 0.135. The molecule has 39 heavy (non-hydrogen) atoms. The van der Waals surface area contributed by atoms with Gasteiger partial charge >= 0.3 is 0 Å². The Kier molecular flexibility index (Phi) is 14.0. The van der Waals surface area contributed by atoms with E-state index in [1.807, 2.05) is 36.4 Å². The molecule has 214 valence electrons. The molecule has 8 heteroatoms. The van der Waals surface area contributed by atoms with Crippen LogP contribution in [0.5, 0.6) is 5.75 Å². The molecule has 6 nitrogen and oxygen atoms in total. The number of unbranched alkanes of at least 4 members (excludes halogenated alkanes) is 3. The molecule has 0 saturated heterocycles. The van der Waals surface area contributed by atoms with Crippen LogP contribution in [0.25, 0.3) is 10.2 Å². The van der Waals surface area contributed by atoms with Crippen molar-refractivity contribution < 1.29 is 9.47 Å². The smallest absolute Gasteiger partial charge is 0.231 e. The molecule has 0 aliphatic rings. The Bertz CT molecular complexity index is 1120. The van der Waals surface area contributed by atoms with Gasteiger partial charge in [0.2, 0.25) is 5.13 Å². The molecule has 0 saturated carbocycles. The van der Waals surface area contributed by atoms with Crippen molar-refractivity contribution in [3.8, 4) is 5.75 Å². The van der Waals surface area contributed by atoms with E-state index in [0.29, 0.717) is 35.0 Å². The second kappa shape index (κ2) is 17.5. The summed E-state index contributed by atoms with van der Waals surface area (Å²) in [6.07, 6.45) is 9.23. The Morgan fingerprint density at radius 3 is 2.51 bits per heavy atom. The van der Waals surface area contributed by atoms with Gasteiger partial charge in [-0.25, -0.2) is 4.98 Å². The van der Waals surface area contributed by atoms with Crippen LogP contribution in [0.1, 0.15) is 79.1 Å². The largest absolute Gasteiger partial charge is 0.491 e. The number of halogens is 1. The fraction of sp³-hybridized carbons (Fsp3) is 0.581. The summed E-state index contributed by atoms with van der Waals surface area (Å²) in [5, 5.41) is 10.0. The number of thiazole rings is 1. The van der Waals surface area contributed by atoms with Crippen LogP contribution in [-0.4, -0.2) is 37.9 Å². The first-order valence-electron chi connectivity index (χ1n) is 14.7. The Hall–Kier alpha value is -2.22. The van der Waals surface area contributed by atoms with E-state index in [1.165, 1.54) is 43.4 Å². The lowest BCUT2D eigenvalue weighted by Gasteiger charge is -2.31. The minimum absolute atomic E-state index is 0.550. The molecule has 1 aromatic heterocycles. The molecule has 0 amide bonds. The third kappa shape index (κ3) is 10.0. The van der Waals surface area contributed by atoms with Gasteiger partial charge in [-0.1, -0.05) is 94.9 Å². The number of rotatable bonds is 19. The first-order chi connectivity index (χ1) is 19.1. The SMILES string of the molecule is CCCCCOCCN(CC(CC)CCCC)c1cc(Cl)c(/N=N/c2nc3ccccc3s2)cc1OCCC. The van der Waals surface area contributed by atoms with Crippen molar-refractivity contribution in [2.24, 2.45) is 16.1 Å². The van der Waals surface area contributed by atoms with Crippen molar-refractivity contribution in [3.63, 3.8) is 0 Å². The summed E-state index contributed by atoms with van der Waals surface area (Å²) in [6, 6.07) is 11.9. The van der Waals surface area contributed by atoms with Crippen molar-refractivity contribution in [3.05, 3.63) is 41.4 Å². The third-order valence-corrected chi connectivity index (χ3v) is 8.00. The number of azo groups is 1. The molecule has 1 unspecified atom stereocenters. The summed E-state index contributed by atoms with van der Waals surface area (Å²) in [5.41, 5.74) is 2.50. The molecule has 0 aliphatic carbocycles. The molecular weight excluding hydrogens is 528 g/mol. The summed E-state index contributed by atoms with van der Waals surface area (Å²) in [4.78, 5) is 6.96. The zero-order valence-corrected chi connectivity index (χ0v) is 25.7. The maximum atomic E-state index is 6.81. The van der Waals surface area contributed by atoms with Crippen LogP contribution < -0.4 is 9.64 Å². The summed E-state index contributed by atoms with van der Waals surface area (Å²) in [6.45, 7) is 12.7. The molecule has 0 N–H and O–H groups in total. The zero-order chi connectivity index (χ0) is 27.9. The van der Waals surface area contributed by atoms with Gasteiger partial charge in [0.05, 0.1) is 34.1 Å². The van der Waals surface area contributed by atoms with E-state index in [2.05, 4.69) is 47.8 Å². The highest BCUT2D eigenvalue weighted by atomic mass is 35.5. The zero-order valence-electron chi connectivity index (χ0n) is 24.1. The monoisotopic (exact) mass is 572 g/mol. The molecule has 2 aromatic carbocycles. The predicted octanol–water partition coefficient (Wildman–Crippen LogP) is 10.4. The van der Waals surface area contributed by atoms with Crippen molar-refractivity contribution in [1.29, 1.82) is 0 Å². The maximum absolute atomic E-state index is 6.81. The van der Waals surface area contributed by atoms with Gasteiger partial charge in [-0.15, -0.1) is 10.2 Å². The minimum Gasteiger partial charge on any atom is -0.491 e. The van der Waals surface area contributed by atoms with Crippen LogP contribution in [0.2, 0.25) is 5.02 Å². The number of nitrogens with zero attached hydrogens (tertiary/aromatic N) is 4. The van der Waals surface area contributed by atoms with Gasteiger partial charge in [-0.2, -0.15) is 0 Å². The van der Waals surface area contributed by atoms with E-state index < -0.39 is 0 Å².